The topological polar surface area (TPSA) is 101 Å². The predicted molar refractivity (Wildman–Crippen MR) is 126 cm³/mol. The van der Waals surface area contributed by atoms with E-state index in [9.17, 15) is 9.59 Å². The molecule has 1 fully saturated rings. The predicted octanol–water partition coefficient (Wildman–Crippen LogP) is 3.84. The molecule has 1 saturated heterocycles. The highest BCUT2D eigenvalue weighted by Gasteiger charge is 2.31. The lowest BCUT2D eigenvalue weighted by Gasteiger charge is -2.33. The Morgan fingerprint density at radius 2 is 2.03 bits per heavy atom. The summed E-state index contributed by atoms with van der Waals surface area (Å²) in [6.45, 7) is 3.06. The van der Waals surface area contributed by atoms with Crippen molar-refractivity contribution >= 4 is 41.1 Å². The zero-order chi connectivity index (χ0) is 22.9. The molecule has 3 aromatic rings. The number of thiophene rings is 1. The summed E-state index contributed by atoms with van der Waals surface area (Å²) in [4.78, 5) is 28.8. The number of H-pyrrole nitrogens is 1. The van der Waals surface area contributed by atoms with Gasteiger partial charge in [-0.3, -0.25) is 19.3 Å². The summed E-state index contributed by atoms with van der Waals surface area (Å²) in [5.41, 5.74) is 0.673. The lowest BCUT2D eigenvalue weighted by Crippen LogP contribution is -2.44. The number of ether oxygens (including phenoxy) is 2. The van der Waals surface area contributed by atoms with Crippen LogP contribution in [0.4, 0.5) is 5.69 Å². The first kappa shape index (κ1) is 21.7. The maximum absolute atomic E-state index is 13.2. The van der Waals surface area contributed by atoms with Crippen molar-refractivity contribution in [3.8, 4) is 22.2 Å². The standard InChI is InChI=1S/C22H23N5O4S2/c1-13(27-19(24-25-22(27)32)18-3-2-10-33-18)21(29)26-8-6-14(7-9-26)20(28)23-15-4-5-16-17(11-15)31-12-30-16/h2-5,10-11,13-14H,6-9,12H2,1H3,(H,23,28)(H,25,32). The number of aromatic nitrogens is 3. The van der Waals surface area contributed by atoms with Gasteiger partial charge in [0.2, 0.25) is 18.6 Å². The quantitative estimate of drug-likeness (QED) is 0.533. The van der Waals surface area contributed by atoms with Crippen LogP contribution >= 0.6 is 23.6 Å². The molecule has 2 amide bonds. The van der Waals surface area contributed by atoms with E-state index >= 15 is 0 Å². The van der Waals surface area contributed by atoms with Gasteiger partial charge in [0, 0.05) is 30.8 Å². The van der Waals surface area contributed by atoms with E-state index < -0.39 is 6.04 Å². The molecule has 2 N–H and O–H groups in total. The van der Waals surface area contributed by atoms with Crippen molar-refractivity contribution < 1.29 is 19.1 Å². The smallest absolute Gasteiger partial charge is 0.245 e. The number of nitrogens with zero attached hydrogens (tertiary/aromatic N) is 3. The Morgan fingerprint density at radius 1 is 1.24 bits per heavy atom. The summed E-state index contributed by atoms with van der Waals surface area (Å²) < 4.78 is 12.9. The molecule has 9 nitrogen and oxygen atoms in total. The van der Waals surface area contributed by atoms with Crippen LogP contribution in [-0.4, -0.2) is 51.4 Å². The van der Waals surface area contributed by atoms with Gasteiger partial charge in [-0.1, -0.05) is 6.07 Å². The molecule has 0 aliphatic carbocycles. The van der Waals surface area contributed by atoms with Gasteiger partial charge in [-0.15, -0.1) is 11.3 Å². The van der Waals surface area contributed by atoms with Gasteiger partial charge in [-0.25, -0.2) is 0 Å². The van der Waals surface area contributed by atoms with Gasteiger partial charge in [-0.05, 0) is 55.6 Å². The van der Waals surface area contributed by atoms with E-state index in [1.807, 2.05) is 29.3 Å². The highest BCUT2D eigenvalue weighted by atomic mass is 32.1. The molecular formula is C22H23N5O4S2. The van der Waals surface area contributed by atoms with Gasteiger partial charge in [0.05, 0.1) is 4.88 Å². The monoisotopic (exact) mass is 485 g/mol. The minimum atomic E-state index is -0.493. The molecule has 0 bridgehead atoms. The highest BCUT2D eigenvalue weighted by Crippen LogP contribution is 2.34. The number of carbonyl (C=O) groups excluding carboxylic acids is 2. The fourth-order valence-electron chi connectivity index (χ4n) is 4.20. The minimum Gasteiger partial charge on any atom is -0.454 e. The van der Waals surface area contributed by atoms with Crippen LogP contribution in [0.2, 0.25) is 0 Å². The van der Waals surface area contributed by atoms with E-state index in [1.165, 1.54) is 0 Å². The van der Waals surface area contributed by atoms with Gasteiger partial charge < -0.3 is 19.7 Å². The number of hydrogen-bond acceptors (Lipinski definition) is 7. The molecule has 0 radical (unpaired) electrons. The fraction of sp³-hybridized carbons (Fsp3) is 0.364. The second-order valence-corrected chi connectivity index (χ2v) is 9.37. The average molecular weight is 486 g/mol. The number of carbonyl (C=O) groups is 2. The van der Waals surface area contributed by atoms with E-state index in [2.05, 4.69) is 15.5 Å². The number of anilines is 1. The van der Waals surface area contributed by atoms with E-state index in [-0.39, 0.29) is 24.5 Å². The third kappa shape index (κ3) is 4.25. The first-order valence-corrected chi connectivity index (χ1v) is 12.0. The number of benzene rings is 1. The summed E-state index contributed by atoms with van der Waals surface area (Å²) in [5.74, 6) is 1.73. The third-order valence-corrected chi connectivity index (χ3v) is 7.16. The van der Waals surface area contributed by atoms with Crippen molar-refractivity contribution in [2.45, 2.75) is 25.8 Å². The summed E-state index contributed by atoms with van der Waals surface area (Å²) in [6, 6.07) is 8.74. The van der Waals surface area contributed by atoms with Crippen LogP contribution in [0.5, 0.6) is 11.5 Å². The molecule has 1 unspecified atom stereocenters. The normalized spacial score (nSPS) is 16.6. The van der Waals surface area contributed by atoms with Crippen LogP contribution in [0.1, 0.15) is 25.8 Å². The van der Waals surface area contributed by atoms with Crippen molar-refractivity contribution in [3.05, 3.63) is 40.5 Å². The molecular weight excluding hydrogens is 462 g/mol. The van der Waals surface area contributed by atoms with Gasteiger partial charge in [0.1, 0.15) is 6.04 Å². The molecule has 1 aromatic carbocycles. The van der Waals surface area contributed by atoms with E-state index in [0.29, 0.717) is 53.7 Å². The van der Waals surface area contributed by atoms with Crippen LogP contribution < -0.4 is 14.8 Å². The van der Waals surface area contributed by atoms with Crippen molar-refractivity contribution in [1.82, 2.24) is 19.7 Å². The molecule has 4 heterocycles. The molecule has 11 heteroatoms. The van der Waals surface area contributed by atoms with Crippen molar-refractivity contribution in [2.24, 2.45) is 5.92 Å². The fourth-order valence-corrected chi connectivity index (χ4v) is 5.20. The minimum absolute atomic E-state index is 0.0278. The van der Waals surface area contributed by atoms with Crippen LogP contribution in [0.25, 0.3) is 10.7 Å². The number of fused-ring (bicyclic) bond motifs is 1. The first-order valence-electron chi connectivity index (χ1n) is 10.7. The Hall–Kier alpha value is -3.18. The number of hydrogen-bond donors (Lipinski definition) is 2. The van der Waals surface area contributed by atoms with Gasteiger partial charge in [-0.2, -0.15) is 5.10 Å². The third-order valence-electron chi connectivity index (χ3n) is 6.01. The van der Waals surface area contributed by atoms with Gasteiger partial charge in [0.25, 0.3) is 0 Å². The molecule has 0 spiro atoms. The zero-order valence-electron chi connectivity index (χ0n) is 17.9. The van der Waals surface area contributed by atoms with Crippen LogP contribution in [-0.2, 0) is 9.59 Å². The lowest BCUT2D eigenvalue weighted by molar-refractivity contribution is -0.137. The molecule has 2 aliphatic rings. The van der Waals surface area contributed by atoms with Crippen LogP contribution in [0, 0.1) is 10.7 Å². The summed E-state index contributed by atoms with van der Waals surface area (Å²) in [5, 5.41) is 12.0. The highest BCUT2D eigenvalue weighted by molar-refractivity contribution is 7.71. The Morgan fingerprint density at radius 3 is 2.79 bits per heavy atom. The van der Waals surface area contributed by atoms with Crippen LogP contribution in [0.3, 0.4) is 0 Å². The summed E-state index contributed by atoms with van der Waals surface area (Å²) >= 11 is 6.94. The van der Waals surface area contributed by atoms with Crippen LogP contribution in [0.15, 0.2) is 35.7 Å². The summed E-state index contributed by atoms with van der Waals surface area (Å²) in [6.07, 6.45) is 1.20. The number of rotatable bonds is 5. The van der Waals surface area contributed by atoms with Gasteiger partial charge in [0.15, 0.2) is 22.1 Å². The van der Waals surface area contributed by atoms with Crippen molar-refractivity contribution in [2.75, 3.05) is 25.2 Å². The Bertz CT molecular complexity index is 1230. The molecule has 2 aromatic heterocycles. The number of amides is 2. The second-order valence-electron chi connectivity index (χ2n) is 8.03. The molecule has 172 valence electrons. The average Bonchev–Trinajstić information content (AvgIpc) is 3.58. The lowest BCUT2D eigenvalue weighted by atomic mass is 9.95. The largest absolute Gasteiger partial charge is 0.454 e. The molecule has 0 saturated carbocycles. The van der Waals surface area contributed by atoms with Gasteiger partial charge >= 0.3 is 0 Å². The Kier molecular flexibility index (Phi) is 5.90. The molecule has 5 rings (SSSR count). The molecule has 33 heavy (non-hydrogen) atoms. The number of nitrogens with one attached hydrogen (secondary N) is 2. The van der Waals surface area contributed by atoms with E-state index in [4.69, 9.17) is 21.7 Å². The van der Waals surface area contributed by atoms with Crippen molar-refractivity contribution in [3.63, 3.8) is 0 Å². The number of likely N-dealkylation sites (tertiary alicyclic amines) is 1. The zero-order valence-corrected chi connectivity index (χ0v) is 19.6. The number of piperidine rings is 1. The summed E-state index contributed by atoms with van der Waals surface area (Å²) in [7, 11) is 0. The Labute approximate surface area is 199 Å². The molecule has 1 atom stereocenters. The maximum atomic E-state index is 13.2. The van der Waals surface area contributed by atoms with Crippen molar-refractivity contribution in [1.29, 1.82) is 0 Å². The Balaban J connectivity index is 1.21. The first-order chi connectivity index (χ1) is 16.0. The molecule has 2 aliphatic heterocycles. The number of aromatic amines is 1. The van der Waals surface area contributed by atoms with E-state index in [1.54, 1.807) is 34.1 Å². The SMILES string of the molecule is CC(C(=O)N1CCC(C(=O)Nc2ccc3c(c2)OCO3)CC1)n1c(-c2cccs2)n[nH]c1=S. The maximum Gasteiger partial charge on any atom is 0.245 e. The van der Waals surface area contributed by atoms with E-state index in [0.717, 1.165) is 4.88 Å². The second kappa shape index (κ2) is 8.99.